The van der Waals surface area contributed by atoms with Crippen LogP contribution in [0.1, 0.15) is 42.9 Å². The lowest BCUT2D eigenvalue weighted by Gasteiger charge is -2.23. The van der Waals surface area contributed by atoms with Crippen molar-refractivity contribution in [3.8, 4) is 0 Å². The second-order valence-electron chi connectivity index (χ2n) is 4.77. The number of hydrogen-bond donors (Lipinski definition) is 2. The Morgan fingerprint density at radius 1 is 1.31 bits per heavy atom. The van der Waals surface area contributed by atoms with E-state index < -0.39 is 0 Å². The Labute approximate surface area is 97.7 Å². The number of aryl methyl sites for hydroxylation is 1. The molecular weight excluding hydrogens is 198 g/mol. The lowest BCUT2D eigenvalue weighted by Crippen LogP contribution is -2.34. The number of hydrogen-bond acceptors (Lipinski definition) is 2. The lowest BCUT2D eigenvalue weighted by atomic mass is 9.97. The van der Waals surface area contributed by atoms with E-state index in [0.29, 0.717) is 0 Å². The Morgan fingerprint density at radius 3 is 3.00 bits per heavy atom. The lowest BCUT2D eigenvalue weighted by molar-refractivity contribution is 0.126. The number of rotatable bonds is 2. The van der Waals surface area contributed by atoms with E-state index in [0.717, 1.165) is 18.5 Å². The van der Waals surface area contributed by atoms with Gasteiger partial charge in [-0.1, -0.05) is 42.7 Å². The molecule has 0 spiro atoms. The molecule has 2 rings (SSSR count). The number of nitrogens with one attached hydrogen (secondary N) is 1. The molecule has 0 radical (unpaired) electrons. The van der Waals surface area contributed by atoms with E-state index in [1.54, 1.807) is 0 Å². The van der Waals surface area contributed by atoms with E-state index >= 15 is 0 Å². The van der Waals surface area contributed by atoms with Gasteiger partial charge in [0.25, 0.3) is 0 Å². The molecule has 2 atom stereocenters. The minimum absolute atomic E-state index is 0.226. The van der Waals surface area contributed by atoms with Crippen LogP contribution in [0.3, 0.4) is 0 Å². The summed E-state index contributed by atoms with van der Waals surface area (Å²) >= 11 is 0. The van der Waals surface area contributed by atoms with Gasteiger partial charge < -0.3 is 10.4 Å². The highest BCUT2D eigenvalue weighted by molar-refractivity contribution is 5.25. The molecule has 2 heteroatoms. The fourth-order valence-electron chi connectivity index (χ4n) is 2.41. The molecule has 0 aromatic heterocycles. The molecular formula is C14H21NO. The smallest absolute Gasteiger partial charge is 0.0943 e. The van der Waals surface area contributed by atoms with Crippen molar-refractivity contribution in [2.75, 3.05) is 6.54 Å². The summed E-state index contributed by atoms with van der Waals surface area (Å²) in [6.07, 6.45) is 4.45. The molecule has 1 saturated heterocycles. The van der Waals surface area contributed by atoms with Crippen molar-refractivity contribution < 1.29 is 5.11 Å². The van der Waals surface area contributed by atoms with E-state index in [4.69, 9.17) is 0 Å². The highest BCUT2D eigenvalue weighted by atomic mass is 16.3. The molecule has 0 bridgehead atoms. The maximum atomic E-state index is 10.3. The van der Waals surface area contributed by atoms with Gasteiger partial charge in [-0.25, -0.2) is 0 Å². The fourth-order valence-corrected chi connectivity index (χ4v) is 2.41. The van der Waals surface area contributed by atoms with Crippen molar-refractivity contribution in [3.05, 3.63) is 35.4 Å². The number of benzene rings is 1. The van der Waals surface area contributed by atoms with Crippen LogP contribution in [0.5, 0.6) is 0 Å². The first-order valence-electron chi connectivity index (χ1n) is 6.25. The van der Waals surface area contributed by atoms with E-state index in [1.807, 2.05) is 12.1 Å². The maximum absolute atomic E-state index is 10.3. The Balaban J connectivity index is 2.07. The largest absolute Gasteiger partial charge is 0.387 e. The third-order valence-corrected chi connectivity index (χ3v) is 3.36. The van der Waals surface area contributed by atoms with Crippen molar-refractivity contribution >= 4 is 0 Å². The van der Waals surface area contributed by atoms with Gasteiger partial charge in [-0.15, -0.1) is 0 Å². The molecule has 1 heterocycles. The van der Waals surface area contributed by atoms with Crippen molar-refractivity contribution in [1.82, 2.24) is 5.32 Å². The van der Waals surface area contributed by atoms with Crippen LogP contribution in [0.4, 0.5) is 0 Å². The summed E-state index contributed by atoms with van der Waals surface area (Å²) < 4.78 is 0. The minimum atomic E-state index is -0.363. The molecule has 1 fully saturated rings. The molecule has 16 heavy (non-hydrogen) atoms. The summed E-state index contributed by atoms with van der Waals surface area (Å²) in [4.78, 5) is 0. The number of aliphatic hydroxyl groups is 1. The van der Waals surface area contributed by atoms with E-state index in [2.05, 4.69) is 24.4 Å². The van der Waals surface area contributed by atoms with Crippen molar-refractivity contribution in [3.63, 3.8) is 0 Å². The van der Waals surface area contributed by atoms with E-state index in [-0.39, 0.29) is 12.1 Å². The van der Waals surface area contributed by atoms with Crippen LogP contribution in [0, 0.1) is 6.92 Å². The fraction of sp³-hybridized carbons (Fsp3) is 0.571. The van der Waals surface area contributed by atoms with Crippen LogP contribution in [-0.4, -0.2) is 17.7 Å². The first-order chi connectivity index (χ1) is 7.77. The zero-order valence-corrected chi connectivity index (χ0v) is 9.95. The van der Waals surface area contributed by atoms with Gasteiger partial charge in [-0.05, 0) is 31.9 Å². The van der Waals surface area contributed by atoms with Gasteiger partial charge in [0, 0.05) is 6.04 Å². The topological polar surface area (TPSA) is 32.3 Å². The summed E-state index contributed by atoms with van der Waals surface area (Å²) in [5.41, 5.74) is 2.25. The molecule has 2 unspecified atom stereocenters. The normalized spacial score (nSPS) is 23.8. The molecule has 2 nitrogen and oxygen atoms in total. The van der Waals surface area contributed by atoms with Crippen LogP contribution in [0.2, 0.25) is 0 Å². The quantitative estimate of drug-likeness (QED) is 0.801. The zero-order valence-electron chi connectivity index (χ0n) is 9.95. The molecule has 0 aliphatic carbocycles. The average Bonchev–Trinajstić information content (AvgIpc) is 2.56. The first-order valence-corrected chi connectivity index (χ1v) is 6.25. The third kappa shape index (κ3) is 2.83. The molecule has 0 saturated carbocycles. The van der Waals surface area contributed by atoms with Crippen molar-refractivity contribution in [2.24, 2.45) is 0 Å². The van der Waals surface area contributed by atoms with Gasteiger partial charge in [-0.3, -0.25) is 0 Å². The monoisotopic (exact) mass is 219 g/mol. The summed E-state index contributed by atoms with van der Waals surface area (Å²) in [5, 5.41) is 13.8. The minimum Gasteiger partial charge on any atom is -0.387 e. The molecule has 88 valence electrons. The van der Waals surface area contributed by atoms with Crippen LogP contribution >= 0.6 is 0 Å². The highest BCUT2D eigenvalue weighted by Gasteiger charge is 2.21. The Hall–Kier alpha value is -0.860. The molecule has 1 aliphatic rings. The van der Waals surface area contributed by atoms with Crippen LogP contribution < -0.4 is 5.32 Å². The summed E-state index contributed by atoms with van der Waals surface area (Å²) in [6, 6.07) is 8.41. The van der Waals surface area contributed by atoms with E-state index in [1.165, 1.54) is 24.8 Å². The standard InChI is InChI=1S/C14H21NO/c1-11-6-5-7-12(10-11)14(16)13-8-3-2-4-9-15-13/h5-7,10,13-16H,2-4,8-9H2,1H3. The van der Waals surface area contributed by atoms with Crippen LogP contribution in [0.15, 0.2) is 24.3 Å². The van der Waals surface area contributed by atoms with Gasteiger partial charge in [0.2, 0.25) is 0 Å². The average molecular weight is 219 g/mol. The summed E-state index contributed by atoms with van der Waals surface area (Å²) in [6.45, 7) is 3.10. The third-order valence-electron chi connectivity index (χ3n) is 3.36. The summed E-state index contributed by atoms with van der Waals surface area (Å²) in [5.74, 6) is 0. The predicted molar refractivity (Wildman–Crippen MR) is 66.4 cm³/mol. The molecule has 1 aromatic carbocycles. The van der Waals surface area contributed by atoms with E-state index in [9.17, 15) is 5.11 Å². The molecule has 1 aliphatic heterocycles. The van der Waals surface area contributed by atoms with Gasteiger partial charge in [0.1, 0.15) is 0 Å². The maximum Gasteiger partial charge on any atom is 0.0943 e. The first kappa shape index (κ1) is 11.6. The summed E-state index contributed by atoms with van der Waals surface area (Å²) in [7, 11) is 0. The van der Waals surface area contributed by atoms with Gasteiger partial charge >= 0.3 is 0 Å². The predicted octanol–water partition coefficient (Wildman–Crippen LogP) is 2.56. The number of aliphatic hydroxyl groups excluding tert-OH is 1. The van der Waals surface area contributed by atoms with Gasteiger partial charge in [0.05, 0.1) is 6.10 Å². The van der Waals surface area contributed by atoms with Crippen LogP contribution in [0.25, 0.3) is 0 Å². The Bertz CT molecular complexity index is 329. The van der Waals surface area contributed by atoms with Crippen molar-refractivity contribution in [1.29, 1.82) is 0 Å². The SMILES string of the molecule is Cc1cccc(C(O)C2CCCCCN2)c1. The second-order valence-corrected chi connectivity index (χ2v) is 4.77. The highest BCUT2D eigenvalue weighted by Crippen LogP contribution is 2.23. The molecule has 2 N–H and O–H groups in total. The Morgan fingerprint density at radius 2 is 2.19 bits per heavy atom. The van der Waals surface area contributed by atoms with Gasteiger partial charge in [0.15, 0.2) is 0 Å². The van der Waals surface area contributed by atoms with Gasteiger partial charge in [-0.2, -0.15) is 0 Å². The van der Waals surface area contributed by atoms with Crippen LogP contribution in [-0.2, 0) is 0 Å². The second kappa shape index (κ2) is 5.46. The molecule has 1 aromatic rings. The zero-order chi connectivity index (χ0) is 11.4. The Kier molecular flexibility index (Phi) is 3.97. The molecule has 0 amide bonds. The van der Waals surface area contributed by atoms with Crippen molar-refractivity contribution in [2.45, 2.75) is 44.8 Å².